The van der Waals surface area contributed by atoms with Gasteiger partial charge in [0.05, 0.1) is 18.1 Å². The summed E-state index contributed by atoms with van der Waals surface area (Å²) in [5, 5.41) is 9.70. The van der Waals surface area contributed by atoms with Crippen LogP contribution in [0.4, 0.5) is 0 Å². The number of thiocarbonyl (C=S) groups is 1. The summed E-state index contributed by atoms with van der Waals surface area (Å²) >= 11 is 6.49. The molecular weight excluding hydrogens is 470 g/mol. The van der Waals surface area contributed by atoms with Crippen LogP contribution in [0, 0.1) is 5.92 Å². The molecule has 1 aromatic carbocycles. The number of benzene rings is 1. The Bertz CT molecular complexity index is 901. The fraction of sp³-hybridized carbons (Fsp3) is 0.577. The topological polar surface area (TPSA) is 76.1 Å². The highest BCUT2D eigenvalue weighted by atomic mass is 32.2. The average molecular weight is 508 g/mol. The summed E-state index contributed by atoms with van der Waals surface area (Å²) in [5.41, 5.74) is 0.757. The molecule has 2 rings (SSSR count). The Balaban J connectivity index is 2.13. The summed E-state index contributed by atoms with van der Waals surface area (Å²) in [6.07, 6.45) is 9.53. The van der Waals surface area contributed by atoms with Crippen LogP contribution in [-0.4, -0.2) is 45.5 Å². The number of carboxylic acid groups (broad SMARTS) is 1. The van der Waals surface area contributed by atoms with Crippen molar-refractivity contribution >= 4 is 46.3 Å². The minimum atomic E-state index is -1.05. The first-order valence-corrected chi connectivity index (χ1v) is 13.3. The van der Waals surface area contributed by atoms with Crippen molar-refractivity contribution in [2.24, 2.45) is 5.92 Å². The first-order chi connectivity index (χ1) is 16.2. The Kier molecular flexibility index (Phi) is 11.4. The maximum atomic E-state index is 13.0. The summed E-state index contributed by atoms with van der Waals surface area (Å²) in [6, 6.07) is 4.55. The Morgan fingerprint density at radius 2 is 1.88 bits per heavy atom. The summed E-state index contributed by atoms with van der Waals surface area (Å²) < 4.78 is 11.9. The van der Waals surface area contributed by atoms with E-state index in [4.69, 9.17) is 21.7 Å². The minimum absolute atomic E-state index is 0.0751. The van der Waals surface area contributed by atoms with Gasteiger partial charge in [-0.15, -0.1) is 0 Å². The Morgan fingerprint density at radius 3 is 2.50 bits per heavy atom. The summed E-state index contributed by atoms with van der Waals surface area (Å²) in [7, 11) is 1.59. The monoisotopic (exact) mass is 507 g/mol. The van der Waals surface area contributed by atoms with Gasteiger partial charge in [-0.05, 0) is 49.5 Å². The van der Waals surface area contributed by atoms with E-state index in [2.05, 4.69) is 13.8 Å². The van der Waals surface area contributed by atoms with Gasteiger partial charge in [0, 0.05) is 0 Å². The zero-order chi connectivity index (χ0) is 25.3. The van der Waals surface area contributed by atoms with E-state index in [0.717, 1.165) is 30.2 Å². The number of ether oxygens (including phenoxy) is 2. The molecule has 0 saturated carbocycles. The van der Waals surface area contributed by atoms with Gasteiger partial charge < -0.3 is 14.6 Å². The van der Waals surface area contributed by atoms with Gasteiger partial charge >= 0.3 is 5.97 Å². The van der Waals surface area contributed by atoms with Gasteiger partial charge in [-0.1, -0.05) is 82.9 Å². The van der Waals surface area contributed by atoms with E-state index in [0.29, 0.717) is 22.8 Å². The minimum Gasteiger partial charge on any atom is -0.493 e. The lowest BCUT2D eigenvalue weighted by atomic mass is 9.98. The van der Waals surface area contributed by atoms with Crippen LogP contribution in [0.25, 0.3) is 6.08 Å². The lowest BCUT2D eigenvalue weighted by Crippen LogP contribution is -2.47. The molecule has 0 aliphatic carbocycles. The van der Waals surface area contributed by atoms with Crippen molar-refractivity contribution in [1.29, 1.82) is 0 Å². The van der Waals surface area contributed by atoms with E-state index in [9.17, 15) is 14.7 Å². The van der Waals surface area contributed by atoms with E-state index < -0.39 is 12.0 Å². The van der Waals surface area contributed by atoms with Crippen LogP contribution in [0.5, 0.6) is 11.5 Å². The van der Waals surface area contributed by atoms with Gasteiger partial charge in [0.15, 0.2) is 11.5 Å². The molecular formula is C26H37NO5S2. The highest BCUT2D eigenvalue weighted by Crippen LogP contribution is 2.37. The predicted octanol–water partition coefficient (Wildman–Crippen LogP) is 6.52. The molecule has 1 amide bonds. The van der Waals surface area contributed by atoms with Crippen LogP contribution in [-0.2, 0) is 9.59 Å². The zero-order valence-corrected chi connectivity index (χ0v) is 22.5. The number of thioether (sulfide) groups is 1. The number of methoxy groups -OCH3 is 1. The molecule has 1 aliphatic rings. The molecule has 3 unspecified atom stereocenters. The van der Waals surface area contributed by atoms with E-state index in [1.54, 1.807) is 13.2 Å². The van der Waals surface area contributed by atoms with Crippen molar-refractivity contribution in [2.45, 2.75) is 84.8 Å². The molecule has 6 nitrogen and oxygen atoms in total. The summed E-state index contributed by atoms with van der Waals surface area (Å²) in [4.78, 5) is 26.5. The lowest BCUT2D eigenvalue weighted by molar-refractivity contribution is -0.147. The van der Waals surface area contributed by atoms with Crippen molar-refractivity contribution in [3.8, 4) is 11.5 Å². The number of carbonyl (C=O) groups is 2. The number of hydrogen-bond donors (Lipinski definition) is 1. The third-order valence-corrected chi connectivity index (χ3v) is 7.40. The van der Waals surface area contributed by atoms with Gasteiger partial charge in [-0.25, -0.2) is 4.79 Å². The second-order valence-corrected chi connectivity index (χ2v) is 10.4. The molecule has 8 heteroatoms. The van der Waals surface area contributed by atoms with Crippen LogP contribution < -0.4 is 9.47 Å². The van der Waals surface area contributed by atoms with Crippen molar-refractivity contribution in [3.05, 3.63) is 28.7 Å². The van der Waals surface area contributed by atoms with E-state index >= 15 is 0 Å². The number of carboxylic acids is 1. The normalized spacial score (nSPS) is 17.7. The molecule has 1 N–H and O–H groups in total. The molecule has 0 aromatic heterocycles. The number of unbranched alkanes of at least 4 members (excludes halogenated alkanes) is 4. The fourth-order valence-electron chi connectivity index (χ4n) is 3.88. The Hall–Kier alpha value is -2.06. The summed E-state index contributed by atoms with van der Waals surface area (Å²) in [6.45, 7) is 7.99. The third-order valence-electron chi connectivity index (χ3n) is 6.07. The average Bonchev–Trinajstić information content (AvgIpc) is 3.07. The third kappa shape index (κ3) is 7.47. The van der Waals surface area contributed by atoms with Crippen LogP contribution in [0.2, 0.25) is 0 Å². The summed E-state index contributed by atoms with van der Waals surface area (Å²) in [5.74, 6) is -0.390. The number of hydrogen-bond acceptors (Lipinski definition) is 6. The molecule has 1 heterocycles. The number of nitrogens with zero attached hydrogens (tertiary/aromatic N) is 1. The second kappa shape index (κ2) is 13.7. The largest absolute Gasteiger partial charge is 0.493 e. The highest BCUT2D eigenvalue weighted by molar-refractivity contribution is 8.26. The smallest absolute Gasteiger partial charge is 0.327 e. The van der Waals surface area contributed by atoms with Crippen LogP contribution >= 0.6 is 24.0 Å². The van der Waals surface area contributed by atoms with Crippen molar-refractivity contribution < 1.29 is 24.2 Å². The quantitative estimate of drug-likeness (QED) is 0.174. The molecule has 188 valence electrons. The SMILES string of the molecule is CCCCCCCC(C)Oc1ccc(C=C2SC(=S)N(C(C(=O)O)C(C)CC)C2=O)cc1OC. The molecule has 0 bridgehead atoms. The second-order valence-electron chi connectivity index (χ2n) is 8.76. The molecule has 1 saturated heterocycles. The maximum absolute atomic E-state index is 13.0. The number of amides is 1. The maximum Gasteiger partial charge on any atom is 0.327 e. The zero-order valence-electron chi connectivity index (χ0n) is 20.8. The first-order valence-electron chi connectivity index (χ1n) is 12.1. The van der Waals surface area contributed by atoms with Gasteiger partial charge in [-0.3, -0.25) is 9.69 Å². The molecule has 1 aromatic rings. The molecule has 0 spiro atoms. The van der Waals surface area contributed by atoms with Crippen LogP contribution in [0.3, 0.4) is 0 Å². The Labute approximate surface area is 213 Å². The number of carbonyl (C=O) groups excluding carboxylic acids is 1. The Morgan fingerprint density at radius 1 is 1.18 bits per heavy atom. The lowest BCUT2D eigenvalue weighted by Gasteiger charge is -2.27. The van der Waals surface area contributed by atoms with Crippen molar-refractivity contribution in [1.82, 2.24) is 4.90 Å². The van der Waals surface area contributed by atoms with E-state index in [-0.39, 0.29) is 22.2 Å². The van der Waals surface area contributed by atoms with Crippen molar-refractivity contribution in [2.75, 3.05) is 7.11 Å². The van der Waals surface area contributed by atoms with Gasteiger partial charge in [0.1, 0.15) is 10.4 Å². The van der Waals surface area contributed by atoms with Crippen LogP contribution in [0.1, 0.15) is 78.2 Å². The molecule has 34 heavy (non-hydrogen) atoms. The van der Waals surface area contributed by atoms with Gasteiger partial charge in [0.2, 0.25) is 0 Å². The van der Waals surface area contributed by atoms with Crippen molar-refractivity contribution in [3.63, 3.8) is 0 Å². The number of rotatable bonds is 14. The highest BCUT2D eigenvalue weighted by Gasteiger charge is 2.42. The van der Waals surface area contributed by atoms with Gasteiger partial charge in [0.25, 0.3) is 5.91 Å². The fourth-order valence-corrected chi connectivity index (χ4v) is 5.21. The number of aliphatic carboxylic acids is 1. The van der Waals surface area contributed by atoms with Crippen LogP contribution in [0.15, 0.2) is 23.1 Å². The standard InChI is InChI=1S/C26H37NO5S2/c1-6-8-9-10-11-12-18(4)32-20-14-13-19(15-21(20)31-5)16-22-24(28)27(26(33)34-22)23(25(29)30)17(3)7-2/h13-18,23H,6-12H2,1-5H3,(H,29,30). The van der Waals surface area contributed by atoms with Gasteiger partial charge in [-0.2, -0.15) is 0 Å². The first kappa shape index (κ1) is 28.2. The van der Waals surface area contributed by atoms with E-state index in [1.165, 1.54) is 30.6 Å². The predicted molar refractivity (Wildman–Crippen MR) is 142 cm³/mol. The molecule has 0 radical (unpaired) electrons. The molecule has 1 aliphatic heterocycles. The molecule has 1 fully saturated rings. The van der Waals surface area contributed by atoms with E-state index in [1.807, 2.05) is 32.0 Å². The molecule has 3 atom stereocenters.